The van der Waals surface area contributed by atoms with Gasteiger partial charge in [0.15, 0.2) is 0 Å². The maximum Gasteiger partial charge on any atom is 0.317 e. The molecule has 8 nitrogen and oxygen atoms in total. The molecule has 1 aliphatic rings. The molecule has 1 fully saturated rings. The molecule has 0 unspecified atom stereocenters. The Hall–Kier alpha value is -2.15. The van der Waals surface area contributed by atoms with Gasteiger partial charge in [-0.2, -0.15) is 9.57 Å². The average Bonchev–Trinajstić information content (AvgIpc) is 2.67. The quantitative estimate of drug-likeness (QED) is 0.704. The molecule has 0 aromatic heterocycles. The van der Waals surface area contributed by atoms with Gasteiger partial charge in [-0.15, -0.1) is 0 Å². The number of carbonyl (C=O) groups excluding carboxylic acids is 1. The highest BCUT2D eigenvalue weighted by Crippen LogP contribution is 2.18. The van der Waals surface area contributed by atoms with E-state index >= 15 is 0 Å². The Kier molecular flexibility index (Phi) is 7.59. The molecule has 2 rings (SSSR count). The van der Waals surface area contributed by atoms with Crippen LogP contribution in [0.15, 0.2) is 29.2 Å². The number of urea groups is 1. The largest absolute Gasteiger partial charge is 0.379 e. The molecule has 1 aliphatic heterocycles. The van der Waals surface area contributed by atoms with Crippen molar-refractivity contribution < 1.29 is 17.9 Å². The lowest BCUT2D eigenvalue weighted by Crippen LogP contribution is -2.53. The first-order chi connectivity index (χ1) is 12.8. The van der Waals surface area contributed by atoms with Crippen LogP contribution in [0.2, 0.25) is 0 Å². The first kappa shape index (κ1) is 21.2. The van der Waals surface area contributed by atoms with Crippen molar-refractivity contribution in [3.63, 3.8) is 0 Å². The van der Waals surface area contributed by atoms with Crippen molar-refractivity contribution in [1.82, 2.24) is 14.5 Å². The zero-order chi connectivity index (χ0) is 19.9. The lowest BCUT2D eigenvalue weighted by Gasteiger charge is -2.34. The van der Waals surface area contributed by atoms with E-state index in [4.69, 9.17) is 10.00 Å². The second-order valence-corrected chi connectivity index (χ2v) is 8.47. The van der Waals surface area contributed by atoms with Gasteiger partial charge in [-0.05, 0) is 44.5 Å². The van der Waals surface area contributed by atoms with Crippen molar-refractivity contribution in [2.75, 3.05) is 39.3 Å². The monoisotopic (exact) mass is 394 g/mol. The Morgan fingerprint density at radius 1 is 1.22 bits per heavy atom. The third-order valence-corrected chi connectivity index (χ3v) is 6.11. The van der Waals surface area contributed by atoms with Crippen LogP contribution in [0.5, 0.6) is 0 Å². The molecule has 0 radical (unpaired) electrons. The van der Waals surface area contributed by atoms with Gasteiger partial charge in [-0.3, -0.25) is 0 Å². The summed E-state index contributed by atoms with van der Waals surface area (Å²) >= 11 is 0. The number of nitrogens with one attached hydrogen (secondary N) is 1. The Morgan fingerprint density at radius 2 is 1.85 bits per heavy atom. The van der Waals surface area contributed by atoms with Crippen molar-refractivity contribution >= 4 is 16.1 Å². The molecule has 2 amide bonds. The van der Waals surface area contributed by atoms with Crippen LogP contribution in [0.4, 0.5) is 4.79 Å². The molecular formula is C18H26N4O4S. The van der Waals surface area contributed by atoms with Gasteiger partial charge < -0.3 is 15.0 Å². The molecule has 27 heavy (non-hydrogen) atoms. The number of benzene rings is 1. The van der Waals surface area contributed by atoms with Crippen molar-refractivity contribution in [3.8, 4) is 6.07 Å². The van der Waals surface area contributed by atoms with Gasteiger partial charge in [-0.25, -0.2) is 13.2 Å². The van der Waals surface area contributed by atoms with E-state index in [1.54, 1.807) is 4.90 Å². The van der Waals surface area contributed by atoms with Gasteiger partial charge >= 0.3 is 6.03 Å². The first-order valence-corrected chi connectivity index (χ1v) is 10.4. The van der Waals surface area contributed by atoms with Crippen LogP contribution >= 0.6 is 0 Å². The number of carbonyl (C=O) groups is 1. The lowest BCUT2D eigenvalue weighted by molar-refractivity contribution is 0.0770. The molecule has 1 aromatic carbocycles. The molecule has 0 atom stereocenters. The summed E-state index contributed by atoms with van der Waals surface area (Å²) in [6.07, 6.45) is 0.906. The minimum Gasteiger partial charge on any atom is -0.379 e. The van der Waals surface area contributed by atoms with Gasteiger partial charge in [0, 0.05) is 39.3 Å². The van der Waals surface area contributed by atoms with Crippen molar-refractivity contribution in [2.45, 2.75) is 31.3 Å². The number of nitrogens with zero attached hydrogens (tertiary/aromatic N) is 3. The Balaban J connectivity index is 1.81. The number of nitriles is 1. The fraction of sp³-hybridized carbons (Fsp3) is 0.556. The highest BCUT2D eigenvalue weighted by Gasteiger charge is 2.29. The molecule has 1 aromatic rings. The van der Waals surface area contributed by atoms with Gasteiger partial charge in [0.25, 0.3) is 0 Å². The van der Waals surface area contributed by atoms with E-state index in [2.05, 4.69) is 5.32 Å². The summed E-state index contributed by atoms with van der Waals surface area (Å²) in [6, 6.07) is 7.63. The van der Waals surface area contributed by atoms with E-state index in [1.807, 2.05) is 19.9 Å². The summed E-state index contributed by atoms with van der Waals surface area (Å²) in [5.74, 6) is 0. The van der Waals surface area contributed by atoms with E-state index < -0.39 is 10.0 Å². The van der Waals surface area contributed by atoms with Gasteiger partial charge in [-0.1, -0.05) is 0 Å². The minimum absolute atomic E-state index is 0.157. The third kappa shape index (κ3) is 5.92. The van der Waals surface area contributed by atoms with Gasteiger partial charge in [0.05, 0.1) is 22.6 Å². The lowest BCUT2D eigenvalue weighted by atomic mass is 10.2. The molecule has 9 heteroatoms. The Labute approximate surface area is 160 Å². The number of amides is 2. The van der Waals surface area contributed by atoms with Crippen molar-refractivity contribution in [2.24, 2.45) is 0 Å². The van der Waals surface area contributed by atoms with Crippen LogP contribution < -0.4 is 5.32 Å². The normalized spacial score (nSPS) is 15.6. The first-order valence-electron chi connectivity index (χ1n) is 8.99. The zero-order valence-corrected chi connectivity index (χ0v) is 16.5. The predicted octanol–water partition coefficient (Wildman–Crippen LogP) is 1.39. The number of sulfonamides is 1. The highest BCUT2D eigenvalue weighted by atomic mass is 32.2. The number of hydrogen-bond acceptors (Lipinski definition) is 5. The molecule has 1 N–H and O–H groups in total. The SMILES string of the molecule is CC(C)OCCCNC(=O)N1CCN(S(=O)(=O)c2ccc(C#N)cc2)CC1. The third-order valence-electron chi connectivity index (χ3n) is 4.20. The van der Waals surface area contributed by atoms with E-state index in [0.29, 0.717) is 31.8 Å². The van der Waals surface area contributed by atoms with Gasteiger partial charge in [0.1, 0.15) is 0 Å². The maximum absolute atomic E-state index is 12.7. The van der Waals surface area contributed by atoms with Crippen LogP contribution in [0.25, 0.3) is 0 Å². The molecule has 0 saturated carbocycles. The van der Waals surface area contributed by atoms with E-state index in [0.717, 1.165) is 6.42 Å². The molecular weight excluding hydrogens is 368 g/mol. The number of rotatable bonds is 7. The highest BCUT2D eigenvalue weighted by molar-refractivity contribution is 7.89. The van der Waals surface area contributed by atoms with E-state index in [1.165, 1.54) is 28.6 Å². The van der Waals surface area contributed by atoms with Crippen LogP contribution in [0.3, 0.4) is 0 Å². The minimum atomic E-state index is -3.62. The number of ether oxygens (including phenoxy) is 1. The number of hydrogen-bond donors (Lipinski definition) is 1. The second-order valence-electron chi connectivity index (χ2n) is 6.53. The Bertz CT molecular complexity index is 764. The molecule has 1 heterocycles. The summed E-state index contributed by atoms with van der Waals surface area (Å²) in [7, 11) is -3.62. The van der Waals surface area contributed by atoms with Crippen LogP contribution in [0, 0.1) is 11.3 Å². The average molecular weight is 394 g/mol. The zero-order valence-electron chi connectivity index (χ0n) is 15.7. The van der Waals surface area contributed by atoms with E-state index in [9.17, 15) is 13.2 Å². The Morgan fingerprint density at radius 3 is 2.41 bits per heavy atom. The van der Waals surface area contributed by atoms with Crippen LogP contribution in [-0.4, -0.2) is 69.1 Å². The summed E-state index contributed by atoms with van der Waals surface area (Å²) in [6.45, 7) is 6.20. The molecule has 0 aliphatic carbocycles. The molecule has 0 spiro atoms. The fourth-order valence-corrected chi connectivity index (χ4v) is 4.10. The van der Waals surface area contributed by atoms with Crippen molar-refractivity contribution in [3.05, 3.63) is 29.8 Å². The summed E-state index contributed by atoms with van der Waals surface area (Å²) < 4.78 is 32.1. The summed E-state index contributed by atoms with van der Waals surface area (Å²) in [4.78, 5) is 13.9. The van der Waals surface area contributed by atoms with Crippen LogP contribution in [-0.2, 0) is 14.8 Å². The molecule has 1 saturated heterocycles. The maximum atomic E-state index is 12.7. The standard InChI is InChI=1S/C18H26N4O4S/c1-15(2)26-13-3-8-20-18(23)21-9-11-22(12-10-21)27(24,25)17-6-4-16(14-19)5-7-17/h4-7,15H,3,8-13H2,1-2H3,(H,20,23). The second kappa shape index (κ2) is 9.69. The smallest absolute Gasteiger partial charge is 0.317 e. The van der Waals surface area contributed by atoms with Gasteiger partial charge in [0.2, 0.25) is 10.0 Å². The molecule has 148 valence electrons. The van der Waals surface area contributed by atoms with Crippen molar-refractivity contribution in [1.29, 1.82) is 5.26 Å². The molecule has 0 bridgehead atoms. The topological polar surface area (TPSA) is 103 Å². The van der Waals surface area contributed by atoms with Crippen LogP contribution in [0.1, 0.15) is 25.8 Å². The van der Waals surface area contributed by atoms with E-state index in [-0.39, 0.29) is 30.1 Å². The number of piperazine rings is 1. The predicted molar refractivity (Wildman–Crippen MR) is 101 cm³/mol. The fourth-order valence-electron chi connectivity index (χ4n) is 2.68. The summed E-state index contributed by atoms with van der Waals surface area (Å²) in [5, 5.41) is 11.6. The summed E-state index contributed by atoms with van der Waals surface area (Å²) in [5.41, 5.74) is 0.411.